The Morgan fingerprint density at radius 3 is 3.00 bits per heavy atom. The third-order valence-corrected chi connectivity index (χ3v) is 3.28. The van der Waals surface area contributed by atoms with E-state index in [4.69, 9.17) is 5.73 Å². The molecule has 1 fully saturated rings. The minimum atomic E-state index is 0.722. The topological polar surface area (TPSA) is 29.3 Å². The molecule has 82 valence electrons. The van der Waals surface area contributed by atoms with Crippen LogP contribution in [0.2, 0.25) is 0 Å². The molecule has 2 heteroatoms. The zero-order valence-corrected chi connectivity index (χ0v) is 9.45. The molecule has 0 saturated carbocycles. The quantitative estimate of drug-likeness (QED) is 0.750. The summed E-state index contributed by atoms with van der Waals surface area (Å²) in [6.07, 6.45) is 4.06. The number of piperidine rings is 1. The van der Waals surface area contributed by atoms with Gasteiger partial charge in [-0.1, -0.05) is 18.6 Å². The van der Waals surface area contributed by atoms with Gasteiger partial charge in [-0.05, 0) is 44.0 Å². The predicted molar refractivity (Wildman–Crippen MR) is 64.6 cm³/mol. The number of nitrogens with two attached hydrogens (primary N) is 1. The first kappa shape index (κ1) is 10.5. The summed E-state index contributed by atoms with van der Waals surface area (Å²) >= 11 is 0. The second kappa shape index (κ2) is 4.67. The molecule has 1 saturated heterocycles. The van der Waals surface area contributed by atoms with Gasteiger partial charge in [0.25, 0.3) is 0 Å². The average molecular weight is 204 g/mol. The Morgan fingerprint density at radius 1 is 1.40 bits per heavy atom. The van der Waals surface area contributed by atoms with Crippen LogP contribution in [0.25, 0.3) is 0 Å². The van der Waals surface area contributed by atoms with Crippen LogP contribution in [0.5, 0.6) is 0 Å². The van der Waals surface area contributed by atoms with Gasteiger partial charge in [0.1, 0.15) is 0 Å². The molecule has 2 nitrogen and oxygen atoms in total. The van der Waals surface area contributed by atoms with Crippen molar-refractivity contribution in [3.63, 3.8) is 0 Å². The van der Waals surface area contributed by atoms with Gasteiger partial charge < -0.3 is 5.73 Å². The van der Waals surface area contributed by atoms with Gasteiger partial charge in [0.15, 0.2) is 0 Å². The van der Waals surface area contributed by atoms with E-state index >= 15 is 0 Å². The molecule has 1 atom stereocenters. The Balaban J connectivity index is 2.01. The number of nitrogen functional groups attached to an aromatic ring is 1. The number of likely N-dealkylation sites (tertiary alicyclic amines) is 1. The van der Waals surface area contributed by atoms with Crippen LogP contribution < -0.4 is 5.73 Å². The van der Waals surface area contributed by atoms with E-state index in [1.807, 2.05) is 12.1 Å². The van der Waals surface area contributed by atoms with Gasteiger partial charge in [-0.25, -0.2) is 0 Å². The van der Waals surface area contributed by atoms with Crippen molar-refractivity contribution < 1.29 is 0 Å². The number of benzene rings is 1. The lowest BCUT2D eigenvalue weighted by Crippen LogP contribution is -2.36. The van der Waals surface area contributed by atoms with E-state index in [1.54, 1.807) is 0 Å². The van der Waals surface area contributed by atoms with Crippen LogP contribution in [0.4, 0.5) is 5.69 Å². The Labute approximate surface area is 92.1 Å². The Hall–Kier alpha value is -1.02. The standard InChI is InChI=1S/C13H20N2/c1-11-5-2-3-8-15(11)10-12-6-4-7-13(14)9-12/h4,6-7,9,11H,2-3,5,8,10,14H2,1H3/t11-/m0/s1. The van der Waals surface area contributed by atoms with Gasteiger partial charge in [0.2, 0.25) is 0 Å². The van der Waals surface area contributed by atoms with Crippen molar-refractivity contribution in [1.82, 2.24) is 4.90 Å². The number of hydrogen-bond donors (Lipinski definition) is 1. The van der Waals surface area contributed by atoms with Crippen molar-refractivity contribution in [1.29, 1.82) is 0 Å². The van der Waals surface area contributed by atoms with Gasteiger partial charge in [-0.15, -0.1) is 0 Å². The lowest BCUT2D eigenvalue weighted by atomic mass is 10.0. The molecule has 0 aromatic heterocycles. The summed E-state index contributed by atoms with van der Waals surface area (Å²) in [4.78, 5) is 2.55. The fourth-order valence-corrected chi connectivity index (χ4v) is 2.32. The van der Waals surface area contributed by atoms with Crippen molar-refractivity contribution in [3.05, 3.63) is 29.8 Å². The molecular formula is C13H20N2. The number of anilines is 1. The van der Waals surface area contributed by atoms with Crippen LogP contribution in [0, 0.1) is 0 Å². The van der Waals surface area contributed by atoms with Crippen LogP contribution in [0.15, 0.2) is 24.3 Å². The maximum Gasteiger partial charge on any atom is 0.0317 e. The van der Waals surface area contributed by atoms with E-state index in [-0.39, 0.29) is 0 Å². The summed E-state index contributed by atoms with van der Waals surface area (Å²) in [5, 5.41) is 0. The van der Waals surface area contributed by atoms with Crippen molar-refractivity contribution in [2.45, 2.75) is 38.8 Å². The Kier molecular flexibility index (Phi) is 3.27. The van der Waals surface area contributed by atoms with E-state index in [1.165, 1.54) is 31.4 Å². The van der Waals surface area contributed by atoms with Gasteiger partial charge in [-0.2, -0.15) is 0 Å². The van der Waals surface area contributed by atoms with Crippen LogP contribution in [0.1, 0.15) is 31.7 Å². The molecule has 1 aliphatic rings. The fourth-order valence-electron chi connectivity index (χ4n) is 2.32. The Bertz CT molecular complexity index is 322. The van der Waals surface area contributed by atoms with Crippen LogP contribution in [0.3, 0.4) is 0 Å². The molecule has 1 aromatic rings. The fraction of sp³-hybridized carbons (Fsp3) is 0.538. The third kappa shape index (κ3) is 2.72. The van der Waals surface area contributed by atoms with Gasteiger partial charge in [0.05, 0.1) is 0 Å². The molecular weight excluding hydrogens is 184 g/mol. The van der Waals surface area contributed by atoms with E-state index < -0.39 is 0 Å². The molecule has 0 aliphatic carbocycles. The maximum atomic E-state index is 5.78. The third-order valence-electron chi connectivity index (χ3n) is 3.28. The molecule has 1 heterocycles. The van der Waals surface area contributed by atoms with Gasteiger partial charge in [-0.3, -0.25) is 4.90 Å². The van der Waals surface area contributed by atoms with Gasteiger partial charge >= 0.3 is 0 Å². The lowest BCUT2D eigenvalue weighted by molar-refractivity contribution is 0.152. The molecule has 2 N–H and O–H groups in total. The molecule has 1 aliphatic heterocycles. The highest BCUT2D eigenvalue weighted by molar-refractivity contribution is 5.40. The highest BCUT2D eigenvalue weighted by Gasteiger charge is 2.17. The van der Waals surface area contributed by atoms with E-state index in [9.17, 15) is 0 Å². The smallest absolute Gasteiger partial charge is 0.0317 e. The monoisotopic (exact) mass is 204 g/mol. The van der Waals surface area contributed by atoms with Crippen LogP contribution >= 0.6 is 0 Å². The molecule has 0 amide bonds. The zero-order valence-electron chi connectivity index (χ0n) is 9.45. The SMILES string of the molecule is C[C@H]1CCCCN1Cc1cccc(N)c1. The summed E-state index contributed by atoms with van der Waals surface area (Å²) in [7, 11) is 0. The first-order valence-electron chi connectivity index (χ1n) is 5.84. The first-order chi connectivity index (χ1) is 7.25. The highest BCUT2D eigenvalue weighted by atomic mass is 15.2. The van der Waals surface area contributed by atoms with Gasteiger partial charge in [0, 0.05) is 18.3 Å². The molecule has 0 radical (unpaired) electrons. The van der Waals surface area contributed by atoms with E-state index in [0.717, 1.165) is 18.3 Å². The van der Waals surface area contributed by atoms with Crippen LogP contribution in [-0.4, -0.2) is 17.5 Å². The molecule has 0 spiro atoms. The highest BCUT2D eigenvalue weighted by Crippen LogP contribution is 2.19. The molecule has 0 bridgehead atoms. The number of rotatable bonds is 2. The van der Waals surface area contributed by atoms with Crippen molar-refractivity contribution >= 4 is 5.69 Å². The van der Waals surface area contributed by atoms with Crippen molar-refractivity contribution in [2.24, 2.45) is 0 Å². The summed E-state index contributed by atoms with van der Waals surface area (Å²) in [5.41, 5.74) is 7.99. The largest absolute Gasteiger partial charge is 0.399 e. The number of hydrogen-bond acceptors (Lipinski definition) is 2. The summed E-state index contributed by atoms with van der Waals surface area (Å²) in [6, 6.07) is 8.96. The minimum Gasteiger partial charge on any atom is -0.399 e. The first-order valence-corrected chi connectivity index (χ1v) is 5.84. The second-order valence-electron chi connectivity index (χ2n) is 4.56. The lowest BCUT2D eigenvalue weighted by Gasteiger charge is -2.33. The summed E-state index contributed by atoms with van der Waals surface area (Å²) < 4.78 is 0. The predicted octanol–water partition coefficient (Wildman–Crippen LogP) is 2.64. The molecule has 15 heavy (non-hydrogen) atoms. The van der Waals surface area contributed by atoms with Crippen molar-refractivity contribution in [3.8, 4) is 0 Å². The van der Waals surface area contributed by atoms with E-state index in [0.29, 0.717) is 0 Å². The van der Waals surface area contributed by atoms with Crippen LogP contribution in [-0.2, 0) is 6.54 Å². The summed E-state index contributed by atoms with van der Waals surface area (Å²) in [5.74, 6) is 0. The Morgan fingerprint density at radius 2 is 2.27 bits per heavy atom. The number of nitrogens with zero attached hydrogens (tertiary/aromatic N) is 1. The molecule has 0 unspecified atom stereocenters. The van der Waals surface area contributed by atoms with Crippen molar-refractivity contribution in [2.75, 3.05) is 12.3 Å². The second-order valence-corrected chi connectivity index (χ2v) is 4.56. The molecule has 2 rings (SSSR count). The zero-order chi connectivity index (χ0) is 10.7. The maximum absolute atomic E-state index is 5.78. The normalized spacial score (nSPS) is 22.9. The summed E-state index contributed by atoms with van der Waals surface area (Å²) in [6.45, 7) is 4.60. The minimum absolute atomic E-state index is 0.722. The molecule has 1 aromatic carbocycles. The average Bonchev–Trinajstić information content (AvgIpc) is 2.22. The van der Waals surface area contributed by atoms with E-state index in [2.05, 4.69) is 24.0 Å².